The van der Waals surface area contributed by atoms with Gasteiger partial charge in [0.05, 0.1) is 14.2 Å². The second-order valence-electron chi connectivity index (χ2n) is 4.61. The Balaban J connectivity index is 2.01. The van der Waals surface area contributed by atoms with E-state index in [1.807, 2.05) is 25.1 Å². The summed E-state index contributed by atoms with van der Waals surface area (Å²) in [5.74, 6) is 1.16. The highest BCUT2D eigenvalue weighted by atomic mass is 16.5. The molecule has 1 heterocycles. The third kappa shape index (κ3) is 3.17. The Morgan fingerprint density at radius 2 is 2.11 bits per heavy atom. The smallest absolute Gasteiger partial charge is 0.323 e. The highest BCUT2D eigenvalue weighted by molar-refractivity contribution is 5.76. The van der Waals surface area contributed by atoms with Crippen molar-refractivity contribution >= 4 is 5.97 Å². The van der Waals surface area contributed by atoms with Crippen LogP contribution in [-0.2, 0) is 9.53 Å². The molecule has 1 aromatic rings. The predicted molar refractivity (Wildman–Crippen MR) is 70.6 cm³/mol. The van der Waals surface area contributed by atoms with Crippen LogP contribution in [0.1, 0.15) is 12.0 Å². The fourth-order valence-corrected chi connectivity index (χ4v) is 2.17. The van der Waals surface area contributed by atoms with Crippen LogP contribution < -0.4 is 14.8 Å². The first-order valence-corrected chi connectivity index (χ1v) is 6.26. The molecule has 2 rings (SSSR count). The number of benzene rings is 1. The van der Waals surface area contributed by atoms with E-state index in [4.69, 9.17) is 14.2 Å². The van der Waals surface area contributed by atoms with Crippen molar-refractivity contribution in [3.8, 4) is 11.5 Å². The van der Waals surface area contributed by atoms with Crippen LogP contribution in [0.5, 0.6) is 11.5 Å². The largest absolute Gasteiger partial charge is 0.493 e. The SMILES string of the molecule is COC(=O)C1CC(Oc2ccc(C)cc2OC)CN1. The molecule has 0 aliphatic carbocycles. The maximum absolute atomic E-state index is 11.4. The fraction of sp³-hybridized carbons (Fsp3) is 0.500. The molecule has 2 atom stereocenters. The van der Waals surface area contributed by atoms with Gasteiger partial charge in [0, 0.05) is 13.0 Å². The van der Waals surface area contributed by atoms with Crippen molar-refractivity contribution in [2.24, 2.45) is 0 Å². The number of hydrogen-bond acceptors (Lipinski definition) is 5. The fourth-order valence-electron chi connectivity index (χ4n) is 2.17. The first-order valence-electron chi connectivity index (χ1n) is 6.26. The first-order chi connectivity index (χ1) is 9.13. The molecule has 1 saturated heterocycles. The van der Waals surface area contributed by atoms with Gasteiger partial charge in [-0.05, 0) is 24.6 Å². The number of carbonyl (C=O) groups is 1. The lowest BCUT2D eigenvalue weighted by molar-refractivity contribution is -0.142. The van der Waals surface area contributed by atoms with Crippen LogP contribution in [0.4, 0.5) is 0 Å². The molecule has 0 amide bonds. The van der Waals surface area contributed by atoms with E-state index in [0.29, 0.717) is 24.5 Å². The van der Waals surface area contributed by atoms with Crippen molar-refractivity contribution in [2.45, 2.75) is 25.5 Å². The van der Waals surface area contributed by atoms with E-state index < -0.39 is 0 Å². The van der Waals surface area contributed by atoms with E-state index in [0.717, 1.165) is 5.56 Å². The topological polar surface area (TPSA) is 56.8 Å². The number of ether oxygens (including phenoxy) is 3. The molecular formula is C14H19NO4. The van der Waals surface area contributed by atoms with Gasteiger partial charge in [0.2, 0.25) is 0 Å². The molecule has 0 spiro atoms. The average Bonchev–Trinajstić information content (AvgIpc) is 2.88. The molecule has 1 N–H and O–H groups in total. The number of hydrogen-bond donors (Lipinski definition) is 1. The number of nitrogens with one attached hydrogen (secondary N) is 1. The van der Waals surface area contributed by atoms with Crippen LogP contribution in [0.2, 0.25) is 0 Å². The van der Waals surface area contributed by atoms with Crippen molar-refractivity contribution < 1.29 is 19.0 Å². The minimum atomic E-state index is -0.286. The van der Waals surface area contributed by atoms with Crippen LogP contribution in [0.25, 0.3) is 0 Å². The third-order valence-electron chi connectivity index (χ3n) is 3.19. The van der Waals surface area contributed by atoms with Crippen LogP contribution in [0.15, 0.2) is 18.2 Å². The van der Waals surface area contributed by atoms with Gasteiger partial charge in [-0.15, -0.1) is 0 Å². The van der Waals surface area contributed by atoms with E-state index in [2.05, 4.69) is 5.32 Å². The van der Waals surface area contributed by atoms with Gasteiger partial charge in [-0.25, -0.2) is 0 Å². The van der Waals surface area contributed by atoms with Crippen LogP contribution in [0, 0.1) is 6.92 Å². The molecule has 104 valence electrons. The summed E-state index contributed by atoms with van der Waals surface area (Å²) in [4.78, 5) is 11.4. The van der Waals surface area contributed by atoms with Crippen molar-refractivity contribution in [1.82, 2.24) is 5.32 Å². The average molecular weight is 265 g/mol. The zero-order valence-electron chi connectivity index (χ0n) is 11.4. The Morgan fingerprint density at radius 1 is 1.32 bits per heavy atom. The van der Waals surface area contributed by atoms with E-state index in [1.54, 1.807) is 7.11 Å². The normalized spacial score (nSPS) is 22.1. The number of aryl methyl sites for hydroxylation is 1. The minimum Gasteiger partial charge on any atom is -0.493 e. The van der Waals surface area contributed by atoms with Gasteiger partial charge >= 0.3 is 5.97 Å². The second-order valence-corrected chi connectivity index (χ2v) is 4.61. The summed E-state index contributed by atoms with van der Waals surface area (Å²) in [6, 6.07) is 5.50. The van der Waals surface area contributed by atoms with Crippen LogP contribution >= 0.6 is 0 Å². The summed E-state index contributed by atoms with van der Waals surface area (Å²) in [7, 11) is 3.01. The summed E-state index contributed by atoms with van der Waals surface area (Å²) >= 11 is 0. The van der Waals surface area contributed by atoms with Gasteiger partial charge in [-0.2, -0.15) is 0 Å². The summed E-state index contributed by atoms with van der Waals surface area (Å²) in [6.45, 7) is 2.62. The van der Waals surface area contributed by atoms with Gasteiger partial charge in [0.15, 0.2) is 11.5 Å². The third-order valence-corrected chi connectivity index (χ3v) is 3.19. The van der Waals surface area contributed by atoms with Gasteiger partial charge in [-0.3, -0.25) is 4.79 Å². The molecule has 19 heavy (non-hydrogen) atoms. The molecule has 5 heteroatoms. The number of rotatable bonds is 4. The summed E-state index contributed by atoms with van der Waals surface area (Å²) in [5, 5.41) is 3.09. The quantitative estimate of drug-likeness (QED) is 0.831. The zero-order valence-corrected chi connectivity index (χ0v) is 11.4. The van der Waals surface area contributed by atoms with E-state index >= 15 is 0 Å². The van der Waals surface area contributed by atoms with Gasteiger partial charge < -0.3 is 19.5 Å². The Bertz CT molecular complexity index is 461. The van der Waals surface area contributed by atoms with Crippen molar-refractivity contribution in [3.05, 3.63) is 23.8 Å². The standard InChI is InChI=1S/C14H19NO4/c1-9-4-5-12(13(6-9)17-2)19-10-7-11(15-8-10)14(16)18-3/h4-6,10-11,15H,7-8H2,1-3H3. The Kier molecular flexibility index (Phi) is 4.27. The molecule has 5 nitrogen and oxygen atoms in total. The highest BCUT2D eigenvalue weighted by Gasteiger charge is 2.31. The molecule has 2 unspecified atom stereocenters. The van der Waals surface area contributed by atoms with Crippen LogP contribution in [-0.4, -0.2) is 38.9 Å². The summed E-state index contributed by atoms with van der Waals surface area (Å²) in [5.41, 5.74) is 1.11. The number of methoxy groups -OCH3 is 2. The van der Waals surface area contributed by atoms with E-state index in [-0.39, 0.29) is 18.1 Å². The predicted octanol–water partition coefficient (Wildman–Crippen LogP) is 1.29. The summed E-state index contributed by atoms with van der Waals surface area (Å²) < 4.78 is 15.9. The monoisotopic (exact) mass is 265 g/mol. The minimum absolute atomic E-state index is 0.0549. The van der Waals surface area contributed by atoms with Crippen molar-refractivity contribution in [2.75, 3.05) is 20.8 Å². The molecule has 1 aliphatic rings. The lowest BCUT2D eigenvalue weighted by Crippen LogP contribution is -2.31. The van der Waals surface area contributed by atoms with Gasteiger partial charge in [0.25, 0.3) is 0 Å². The summed E-state index contributed by atoms with van der Waals surface area (Å²) in [6.07, 6.45) is 0.546. The molecule has 1 aromatic carbocycles. The highest BCUT2D eigenvalue weighted by Crippen LogP contribution is 2.30. The molecular weight excluding hydrogens is 246 g/mol. The lowest BCUT2D eigenvalue weighted by Gasteiger charge is -2.16. The maximum Gasteiger partial charge on any atom is 0.323 e. The Labute approximate surface area is 112 Å². The Hall–Kier alpha value is -1.75. The number of esters is 1. The van der Waals surface area contributed by atoms with Crippen molar-refractivity contribution in [3.63, 3.8) is 0 Å². The Morgan fingerprint density at radius 3 is 2.79 bits per heavy atom. The van der Waals surface area contributed by atoms with Gasteiger partial charge in [-0.1, -0.05) is 6.07 Å². The van der Waals surface area contributed by atoms with Gasteiger partial charge in [0.1, 0.15) is 12.1 Å². The molecule has 0 saturated carbocycles. The van der Waals surface area contributed by atoms with Crippen LogP contribution in [0.3, 0.4) is 0 Å². The molecule has 0 aromatic heterocycles. The first kappa shape index (κ1) is 13.7. The van der Waals surface area contributed by atoms with E-state index in [1.165, 1.54) is 7.11 Å². The van der Waals surface area contributed by atoms with Crippen molar-refractivity contribution in [1.29, 1.82) is 0 Å². The lowest BCUT2D eigenvalue weighted by atomic mass is 10.2. The molecule has 0 radical (unpaired) electrons. The molecule has 1 fully saturated rings. The number of carbonyl (C=O) groups excluding carboxylic acids is 1. The second kappa shape index (κ2) is 5.93. The molecule has 1 aliphatic heterocycles. The maximum atomic E-state index is 11.4. The zero-order chi connectivity index (χ0) is 13.8. The molecule has 0 bridgehead atoms. The van der Waals surface area contributed by atoms with E-state index in [9.17, 15) is 4.79 Å².